The quantitative estimate of drug-likeness (QED) is 0.795. The number of rotatable bonds is 7. The smallest absolute Gasteiger partial charge is 0.243 e. The number of halogens is 1. The van der Waals surface area contributed by atoms with Crippen molar-refractivity contribution in [2.75, 3.05) is 25.1 Å². The summed E-state index contributed by atoms with van der Waals surface area (Å²) in [7, 11) is 0. The number of fused-ring (bicyclic) bond motifs is 1. The Balaban J connectivity index is 1.44. The van der Waals surface area contributed by atoms with Crippen LogP contribution < -0.4 is 5.32 Å². The Labute approximate surface area is 120 Å². The second-order valence-electron chi connectivity index (χ2n) is 4.86. The van der Waals surface area contributed by atoms with E-state index >= 15 is 0 Å². The van der Waals surface area contributed by atoms with Gasteiger partial charge in [0.25, 0.3) is 0 Å². The van der Waals surface area contributed by atoms with Gasteiger partial charge in [0.15, 0.2) is 5.65 Å². The Morgan fingerprint density at radius 2 is 2.37 bits per heavy atom. The highest BCUT2D eigenvalue weighted by Crippen LogP contribution is 2.28. The third kappa shape index (κ3) is 3.45. The number of aromatic nitrogens is 3. The fourth-order valence-electron chi connectivity index (χ4n) is 1.86. The molecule has 0 unspecified atom stereocenters. The molecule has 102 valence electrons. The molecule has 0 amide bonds. The Hall–Kier alpha value is -1.14. The molecule has 6 heteroatoms. The number of nitrogens with zero attached hydrogens (tertiary/aromatic N) is 3. The first kappa shape index (κ1) is 12.9. The van der Waals surface area contributed by atoms with Crippen molar-refractivity contribution >= 4 is 27.5 Å². The normalized spacial score (nSPS) is 15.0. The van der Waals surface area contributed by atoms with Crippen LogP contribution in [-0.2, 0) is 4.74 Å². The molecule has 1 N–H and O–H groups in total. The number of nitrogens with one attached hydrogen (secondary N) is 1. The lowest BCUT2D eigenvalue weighted by atomic mass is 10.4. The van der Waals surface area contributed by atoms with E-state index in [0.717, 1.165) is 42.2 Å². The van der Waals surface area contributed by atoms with E-state index in [9.17, 15) is 0 Å². The molecular weight excluding hydrogens is 308 g/mol. The molecule has 0 bridgehead atoms. The Morgan fingerprint density at radius 3 is 3.16 bits per heavy atom. The van der Waals surface area contributed by atoms with Crippen LogP contribution in [0, 0.1) is 5.92 Å². The lowest BCUT2D eigenvalue weighted by Crippen LogP contribution is -2.07. The molecule has 1 saturated carbocycles. The van der Waals surface area contributed by atoms with Crippen molar-refractivity contribution in [3.63, 3.8) is 0 Å². The van der Waals surface area contributed by atoms with Crippen molar-refractivity contribution in [1.82, 2.24) is 14.6 Å². The first-order valence-corrected chi connectivity index (χ1v) is 7.45. The lowest BCUT2D eigenvalue weighted by Gasteiger charge is -2.03. The SMILES string of the molecule is Brc1cccn2nc(NCCCOCC3CC3)nc12. The maximum absolute atomic E-state index is 5.58. The summed E-state index contributed by atoms with van der Waals surface area (Å²) < 4.78 is 8.29. The standard InChI is InChI=1S/C13H17BrN4O/c14-11-3-1-7-18-12(11)16-13(17-18)15-6-2-8-19-9-10-4-5-10/h1,3,7,10H,2,4-6,8-9H2,(H,15,17). The van der Waals surface area contributed by atoms with Crippen molar-refractivity contribution in [2.24, 2.45) is 5.92 Å². The van der Waals surface area contributed by atoms with Gasteiger partial charge in [0.05, 0.1) is 4.47 Å². The maximum Gasteiger partial charge on any atom is 0.243 e. The van der Waals surface area contributed by atoms with Gasteiger partial charge in [0.1, 0.15) is 0 Å². The number of anilines is 1. The van der Waals surface area contributed by atoms with Gasteiger partial charge in [-0.3, -0.25) is 0 Å². The molecule has 19 heavy (non-hydrogen) atoms. The van der Waals surface area contributed by atoms with Gasteiger partial charge < -0.3 is 10.1 Å². The number of hydrogen-bond donors (Lipinski definition) is 1. The monoisotopic (exact) mass is 324 g/mol. The molecule has 0 saturated heterocycles. The van der Waals surface area contributed by atoms with Gasteiger partial charge in [-0.25, -0.2) is 4.52 Å². The van der Waals surface area contributed by atoms with Gasteiger partial charge in [-0.15, -0.1) is 5.10 Å². The van der Waals surface area contributed by atoms with E-state index in [4.69, 9.17) is 4.74 Å². The van der Waals surface area contributed by atoms with Crippen LogP contribution in [0.15, 0.2) is 22.8 Å². The summed E-state index contributed by atoms with van der Waals surface area (Å²) in [4.78, 5) is 4.42. The zero-order chi connectivity index (χ0) is 13.1. The van der Waals surface area contributed by atoms with Crippen molar-refractivity contribution in [1.29, 1.82) is 0 Å². The molecule has 0 radical (unpaired) electrons. The molecule has 0 aromatic carbocycles. The maximum atomic E-state index is 5.58. The largest absolute Gasteiger partial charge is 0.381 e. The van der Waals surface area contributed by atoms with E-state index in [0.29, 0.717) is 5.95 Å². The molecule has 3 rings (SSSR count). The van der Waals surface area contributed by atoms with Crippen LogP contribution in [-0.4, -0.2) is 34.4 Å². The van der Waals surface area contributed by atoms with Crippen LogP contribution in [0.2, 0.25) is 0 Å². The number of hydrogen-bond acceptors (Lipinski definition) is 4. The summed E-state index contributed by atoms with van der Waals surface area (Å²) >= 11 is 3.46. The topological polar surface area (TPSA) is 51.5 Å². The molecule has 0 spiro atoms. The molecule has 2 aromatic heterocycles. The molecule has 1 fully saturated rings. The van der Waals surface area contributed by atoms with Crippen molar-refractivity contribution in [2.45, 2.75) is 19.3 Å². The van der Waals surface area contributed by atoms with Gasteiger partial charge >= 0.3 is 0 Å². The Bertz CT molecular complexity index is 553. The Morgan fingerprint density at radius 1 is 1.47 bits per heavy atom. The second kappa shape index (κ2) is 5.88. The number of ether oxygens (including phenoxy) is 1. The number of pyridine rings is 1. The van der Waals surface area contributed by atoms with E-state index in [1.54, 1.807) is 4.52 Å². The van der Waals surface area contributed by atoms with E-state index in [-0.39, 0.29) is 0 Å². The zero-order valence-corrected chi connectivity index (χ0v) is 12.3. The summed E-state index contributed by atoms with van der Waals surface area (Å²) in [6.45, 7) is 2.57. The minimum absolute atomic E-state index is 0.661. The average molecular weight is 325 g/mol. The van der Waals surface area contributed by atoms with Crippen molar-refractivity contribution < 1.29 is 4.74 Å². The summed E-state index contributed by atoms with van der Waals surface area (Å²) in [6, 6.07) is 3.89. The van der Waals surface area contributed by atoms with Gasteiger partial charge in [0, 0.05) is 26.0 Å². The predicted octanol–water partition coefficient (Wildman–Crippen LogP) is 2.72. The molecule has 0 atom stereocenters. The first-order valence-electron chi connectivity index (χ1n) is 6.65. The average Bonchev–Trinajstić information content (AvgIpc) is 3.12. The highest BCUT2D eigenvalue weighted by atomic mass is 79.9. The molecule has 0 aliphatic heterocycles. The van der Waals surface area contributed by atoms with E-state index in [1.165, 1.54) is 12.8 Å². The molecular formula is C13H17BrN4O. The van der Waals surface area contributed by atoms with E-state index < -0.39 is 0 Å². The first-order chi connectivity index (χ1) is 9.33. The Kier molecular flexibility index (Phi) is 3.98. The van der Waals surface area contributed by atoms with E-state index in [2.05, 4.69) is 31.3 Å². The van der Waals surface area contributed by atoms with Crippen LogP contribution in [0.4, 0.5) is 5.95 Å². The van der Waals surface area contributed by atoms with Crippen LogP contribution in [0.1, 0.15) is 19.3 Å². The minimum Gasteiger partial charge on any atom is -0.381 e. The lowest BCUT2D eigenvalue weighted by molar-refractivity contribution is 0.124. The van der Waals surface area contributed by atoms with Crippen molar-refractivity contribution in [3.8, 4) is 0 Å². The summed E-state index contributed by atoms with van der Waals surface area (Å²) in [5.41, 5.74) is 0.829. The van der Waals surface area contributed by atoms with Crippen LogP contribution >= 0.6 is 15.9 Å². The van der Waals surface area contributed by atoms with Crippen molar-refractivity contribution in [3.05, 3.63) is 22.8 Å². The summed E-state index contributed by atoms with van der Waals surface area (Å²) in [6.07, 6.45) is 5.55. The molecule has 1 aliphatic carbocycles. The zero-order valence-electron chi connectivity index (χ0n) is 10.7. The summed E-state index contributed by atoms with van der Waals surface area (Å²) in [5, 5.41) is 7.57. The highest BCUT2D eigenvalue weighted by Gasteiger charge is 2.20. The highest BCUT2D eigenvalue weighted by molar-refractivity contribution is 9.10. The summed E-state index contributed by atoms with van der Waals surface area (Å²) in [5.74, 6) is 1.50. The minimum atomic E-state index is 0.661. The molecule has 5 nitrogen and oxygen atoms in total. The van der Waals surface area contributed by atoms with E-state index in [1.807, 2.05) is 18.3 Å². The van der Waals surface area contributed by atoms with Crippen LogP contribution in [0.5, 0.6) is 0 Å². The van der Waals surface area contributed by atoms with Gasteiger partial charge in [-0.2, -0.15) is 4.98 Å². The molecule has 2 heterocycles. The second-order valence-corrected chi connectivity index (χ2v) is 5.71. The third-order valence-corrected chi connectivity index (χ3v) is 3.73. The van der Waals surface area contributed by atoms with Crippen LogP contribution in [0.3, 0.4) is 0 Å². The molecule has 1 aliphatic rings. The van der Waals surface area contributed by atoms with Gasteiger partial charge in [0.2, 0.25) is 5.95 Å². The van der Waals surface area contributed by atoms with Gasteiger partial charge in [-0.05, 0) is 53.2 Å². The van der Waals surface area contributed by atoms with Crippen LogP contribution in [0.25, 0.3) is 5.65 Å². The fourth-order valence-corrected chi connectivity index (χ4v) is 2.28. The predicted molar refractivity (Wildman–Crippen MR) is 77.3 cm³/mol. The molecule has 2 aromatic rings. The van der Waals surface area contributed by atoms with Gasteiger partial charge in [-0.1, -0.05) is 0 Å². The fraction of sp³-hybridized carbons (Fsp3) is 0.538. The third-order valence-electron chi connectivity index (χ3n) is 3.11.